The van der Waals surface area contributed by atoms with Crippen molar-refractivity contribution >= 4 is 11.8 Å². The fraction of sp³-hybridized carbons (Fsp3) is 0.938. The topological polar surface area (TPSA) is 72.8 Å². The van der Waals surface area contributed by atoms with Gasteiger partial charge in [0.2, 0.25) is 0 Å². The van der Waals surface area contributed by atoms with Gasteiger partial charge >= 0.3 is 5.97 Å². The number of ether oxygens (including phenoxy) is 1. The number of hydrogen-bond donors (Lipinski definition) is 1. The second kappa shape index (κ2) is 8.53. The van der Waals surface area contributed by atoms with E-state index in [1.807, 2.05) is 0 Å². The van der Waals surface area contributed by atoms with Crippen LogP contribution in [0.1, 0.15) is 114 Å². The van der Waals surface area contributed by atoms with E-state index >= 15 is 0 Å². The molecule has 37 heavy (non-hydrogen) atoms. The second-order valence-corrected chi connectivity index (χ2v) is 15.8. The van der Waals surface area contributed by atoms with Crippen LogP contribution in [0.4, 0.5) is 0 Å². The van der Waals surface area contributed by atoms with Crippen LogP contribution >= 0.6 is 0 Å². The molecule has 5 fully saturated rings. The Bertz CT molecular complexity index is 959. The van der Waals surface area contributed by atoms with Crippen molar-refractivity contribution in [1.29, 1.82) is 0 Å². The van der Waals surface area contributed by atoms with Gasteiger partial charge in [0.15, 0.2) is 11.9 Å². The smallest absolute Gasteiger partial charge is 0.302 e. The number of fused-ring (bicyclic) bond motifs is 7. The molecular formula is C32H52O5. The molecule has 5 aliphatic carbocycles. The first-order valence-corrected chi connectivity index (χ1v) is 15.1. The highest BCUT2D eigenvalue weighted by atomic mass is 17.1. The van der Waals surface area contributed by atoms with Crippen LogP contribution in [-0.2, 0) is 19.2 Å². The molecule has 0 aromatic rings. The molecule has 0 aromatic carbocycles. The lowest BCUT2D eigenvalue weighted by atomic mass is 9.30. The minimum atomic E-state index is -0.788. The number of hydrogen-bond acceptors (Lipinski definition) is 5. The highest BCUT2D eigenvalue weighted by molar-refractivity contribution is 5.88. The van der Waals surface area contributed by atoms with E-state index in [2.05, 4.69) is 55.4 Å². The first-order valence-electron chi connectivity index (χ1n) is 15.1. The highest BCUT2D eigenvalue weighted by Gasteiger charge is 2.75. The third kappa shape index (κ3) is 3.47. The lowest BCUT2D eigenvalue weighted by Crippen LogP contribution is -2.73. The van der Waals surface area contributed by atoms with Gasteiger partial charge < -0.3 is 4.74 Å². The second-order valence-electron chi connectivity index (χ2n) is 15.8. The molecule has 5 heteroatoms. The average molecular weight is 517 g/mol. The van der Waals surface area contributed by atoms with Crippen LogP contribution in [0.25, 0.3) is 0 Å². The summed E-state index contributed by atoms with van der Waals surface area (Å²) >= 11 is 0. The molecule has 12 atom stereocenters. The summed E-state index contributed by atoms with van der Waals surface area (Å²) in [6.07, 6.45) is 7.51. The number of carbonyl (C=O) groups excluding carboxylic acids is 2. The van der Waals surface area contributed by atoms with Gasteiger partial charge in [0.1, 0.15) is 6.10 Å². The van der Waals surface area contributed by atoms with Crippen molar-refractivity contribution in [2.24, 2.45) is 62.6 Å². The molecule has 0 heterocycles. The van der Waals surface area contributed by atoms with Crippen LogP contribution in [0.5, 0.6) is 0 Å². The summed E-state index contributed by atoms with van der Waals surface area (Å²) in [6, 6.07) is 0. The van der Waals surface area contributed by atoms with E-state index in [0.717, 1.165) is 32.1 Å². The Morgan fingerprint density at radius 2 is 1.57 bits per heavy atom. The maximum absolute atomic E-state index is 14.7. The molecule has 5 rings (SSSR count). The van der Waals surface area contributed by atoms with Crippen molar-refractivity contribution in [3.05, 3.63) is 0 Å². The molecule has 0 aromatic heterocycles. The van der Waals surface area contributed by atoms with Crippen molar-refractivity contribution in [3.63, 3.8) is 0 Å². The Balaban J connectivity index is 1.61. The van der Waals surface area contributed by atoms with E-state index in [-0.39, 0.29) is 62.7 Å². The molecule has 0 aliphatic heterocycles. The summed E-state index contributed by atoms with van der Waals surface area (Å²) in [6.45, 7) is 20.4. The first kappa shape index (κ1) is 27.6. The fourth-order valence-electron chi connectivity index (χ4n) is 11.9. The van der Waals surface area contributed by atoms with Crippen molar-refractivity contribution in [2.45, 2.75) is 126 Å². The summed E-state index contributed by atoms with van der Waals surface area (Å²) in [5, 5.41) is 10.5. The molecule has 0 unspecified atom stereocenters. The van der Waals surface area contributed by atoms with E-state index < -0.39 is 6.10 Å². The van der Waals surface area contributed by atoms with Crippen LogP contribution in [0.3, 0.4) is 0 Å². The molecule has 5 aliphatic rings. The summed E-state index contributed by atoms with van der Waals surface area (Å²) in [7, 11) is 0. The monoisotopic (exact) mass is 516 g/mol. The van der Waals surface area contributed by atoms with E-state index in [1.165, 1.54) is 26.2 Å². The zero-order valence-electron chi connectivity index (χ0n) is 24.9. The summed E-state index contributed by atoms with van der Waals surface area (Å²) in [5.74, 6) is 1.51. The first-order chi connectivity index (χ1) is 17.1. The van der Waals surface area contributed by atoms with Crippen LogP contribution < -0.4 is 0 Å². The summed E-state index contributed by atoms with van der Waals surface area (Å²) < 4.78 is 5.85. The Hall–Kier alpha value is -0.940. The van der Waals surface area contributed by atoms with Gasteiger partial charge in [-0.25, -0.2) is 4.89 Å². The zero-order chi connectivity index (χ0) is 27.3. The van der Waals surface area contributed by atoms with Crippen LogP contribution in [0, 0.1) is 62.6 Å². The number of carbonyl (C=O) groups is 2. The molecule has 1 N–H and O–H groups in total. The van der Waals surface area contributed by atoms with Crippen molar-refractivity contribution in [1.82, 2.24) is 0 Å². The zero-order valence-corrected chi connectivity index (χ0v) is 24.9. The van der Waals surface area contributed by atoms with Gasteiger partial charge in [0.05, 0.1) is 0 Å². The van der Waals surface area contributed by atoms with Gasteiger partial charge in [-0.1, -0.05) is 55.4 Å². The standard InChI is InChI=1S/C32H52O5/c1-18-10-13-29(6)16-17-31(8)24(23(29)19(18)2)25(34)26(37-35)27-30(7)14-12-22(36-20(3)33)28(4,5)21(30)11-15-32(27,31)9/h18-19,21-24,26-27,35H,10-17H2,1-9H3/t18-,19+,21-,22+,23-,24-,26-,27-,29-,30+,31-,32-/m1/s1. The molecule has 0 spiro atoms. The normalized spacial score (nSPS) is 54.8. The number of ketones is 1. The van der Waals surface area contributed by atoms with Gasteiger partial charge in [0, 0.05) is 24.2 Å². The predicted octanol–water partition coefficient (Wildman–Crippen LogP) is 7.32. The lowest BCUT2D eigenvalue weighted by Gasteiger charge is -2.74. The van der Waals surface area contributed by atoms with Crippen molar-refractivity contribution in [3.8, 4) is 0 Å². The molecule has 5 saturated carbocycles. The summed E-state index contributed by atoms with van der Waals surface area (Å²) in [5.41, 5.74) is -0.448. The summed E-state index contributed by atoms with van der Waals surface area (Å²) in [4.78, 5) is 32.0. The lowest BCUT2D eigenvalue weighted by molar-refractivity contribution is -0.341. The van der Waals surface area contributed by atoms with E-state index in [4.69, 9.17) is 9.62 Å². The third-order valence-corrected chi connectivity index (χ3v) is 14.1. The number of rotatable bonds is 2. The Morgan fingerprint density at radius 3 is 2.19 bits per heavy atom. The predicted molar refractivity (Wildman–Crippen MR) is 143 cm³/mol. The van der Waals surface area contributed by atoms with Gasteiger partial charge in [0.25, 0.3) is 0 Å². The fourth-order valence-corrected chi connectivity index (χ4v) is 11.9. The molecular weight excluding hydrogens is 464 g/mol. The van der Waals surface area contributed by atoms with Gasteiger partial charge in [-0.05, 0) is 96.7 Å². The Labute approximate surface area is 224 Å². The highest BCUT2D eigenvalue weighted by Crippen LogP contribution is 2.76. The van der Waals surface area contributed by atoms with Gasteiger partial charge in [-0.2, -0.15) is 0 Å². The molecule has 0 saturated heterocycles. The number of esters is 1. The third-order valence-electron chi connectivity index (χ3n) is 14.1. The molecule has 210 valence electrons. The SMILES string of the molecule is CC(=O)O[C@H]1CC[C@@]2(C)[C@H](CC[C@]3(C)[C@@H]2[C@H](OO)C(=O)[C@H]2[C@H]4[C@@H](C)[C@H](C)CC[C@]4(C)CC[C@]23C)C1(C)C. The Morgan fingerprint density at radius 1 is 0.892 bits per heavy atom. The average Bonchev–Trinajstić information content (AvgIpc) is 2.81. The van der Waals surface area contributed by atoms with Gasteiger partial charge in [-0.15, -0.1) is 0 Å². The van der Waals surface area contributed by atoms with Crippen LogP contribution in [0.2, 0.25) is 0 Å². The molecule has 0 radical (unpaired) electrons. The minimum Gasteiger partial charge on any atom is -0.462 e. The maximum atomic E-state index is 14.7. The molecule has 5 nitrogen and oxygen atoms in total. The maximum Gasteiger partial charge on any atom is 0.302 e. The van der Waals surface area contributed by atoms with Crippen molar-refractivity contribution < 1.29 is 24.5 Å². The minimum absolute atomic E-state index is 0.0595. The quantitative estimate of drug-likeness (QED) is 0.236. The van der Waals surface area contributed by atoms with Crippen molar-refractivity contribution in [2.75, 3.05) is 0 Å². The van der Waals surface area contributed by atoms with E-state index in [1.54, 1.807) is 0 Å². The number of Topliss-reactive ketones (excluding diaryl/α,β-unsaturated/α-hetero) is 1. The molecule has 0 amide bonds. The van der Waals surface area contributed by atoms with E-state index in [0.29, 0.717) is 17.8 Å². The largest absolute Gasteiger partial charge is 0.462 e. The van der Waals surface area contributed by atoms with Gasteiger partial charge in [-0.3, -0.25) is 14.8 Å². The Kier molecular flexibility index (Phi) is 6.37. The van der Waals surface area contributed by atoms with E-state index in [9.17, 15) is 14.8 Å². The van der Waals surface area contributed by atoms with Crippen LogP contribution in [-0.4, -0.2) is 29.2 Å². The molecule has 0 bridgehead atoms. The van der Waals surface area contributed by atoms with Crippen LogP contribution in [0.15, 0.2) is 0 Å².